The van der Waals surface area contributed by atoms with Crippen molar-refractivity contribution in [2.45, 2.75) is 23.3 Å². The number of anilines is 1. The van der Waals surface area contributed by atoms with Crippen LogP contribution in [0.25, 0.3) is 11.2 Å². The van der Waals surface area contributed by atoms with Crippen LogP contribution in [-0.2, 0) is 4.74 Å². The topological polar surface area (TPSA) is 119 Å². The summed E-state index contributed by atoms with van der Waals surface area (Å²) in [4.78, 5) is 10.1. The number of ether oxygens (including phenoxy) is 1. The molecule has 1 fully saturated rings. The zero-order chi connectivity index (χ0) is 17.7. The van der Waals surface area contributed by atoms with Crippen molar-refractivity contribution >= 4 is 40.3 Å². The fourth-order valence-corrected chi connectivity index (χ4v) is 2.79. The summed E-state index contributed by atoms with van der Waals surface area (Å²) < 4.78 is 21.6. The first kappa shape index (κ1) is 12.9. The third-order valence-electron chi connectivity index (χ3n) is 3.31. The molecule has 1 unspecified atom stereocenters. The second kappa shape index (κ2) is 5.53. The number of hydrogen-bond donors (Lipinski definition) is 3. The lowest BCUT2D eigenvalue weighted by atomic mass is 9.99. The molecule has 3 rings (SSSR count). The Hall–Kier alpha value is -1.63. The summed E-state index contributed by atoms with van der Waals surface area (Å²) in [6.45, 7) is -2.87. The average Bonchev–Trinajstić information content (AvgIpc) is 2.99. The maximum Gasteiger partial charge on any atom is 0.222 e. The van der Waals surface area contributed by atoms with Crippen LogP contribution in [0.1, 0.15) is 8.97 Å². The standard InChI is InChI=1S/C12H11Cl2N5O3/c13-2-1-12(14)8(21)7(4-20)22-10(12)19-5-17-6-3-16-11(15)18-9(6)19/h3,5,7-8,10,20-21H,4H2,(H2,15,16,18)/t7-,8+,10-,12?/m1/s1/i4D2. The third kappa shape index (κ3) is 2.18. The van der Waals surface area contributed by atoms with Crippen LogP contribution < -0.4 is 5.73 Å². The first-order chi connectivity index (χ1) is 11.2. The Balaban J connectivity index is 2.16. The maximum atomic E-state index is 10.4. The Morgan fingerprint density at radius 2 is 2.36 bits per heavy atom. The molecule has 10 heteroatoms. The number of nitrogens with two attached hydrogens (primary N) is 1. The van der Waals surface area contributed by atoms with Crippen LogP contribution >= 0.6 is 23.2 Å². The van der Waals surface area contributed by atoms with Crippen molar-refractivity contribution in [1.82, 2.24) is 19.5 Å². The highest BCUT2D eigenvalue weighted by atomic mass is 35.5. The van der Waals surface area contributed by atoms with Crippen LogP contribution in [0.5, 0.6) is 0 Å². The van der Waals surface area contributed by atoms with Gasteiger partial charge in [-0.15, -0.1) is 0 Å². The van der Waals surface area contributed by atoms with Gasteiger partial charge in [0.05, 0.1) is 21.8 Å². The molecule has 8 nitrogen and oxygen atoms in total. The average molecular weight is 346 g/mol. The van der Waals surface area contributed by atoms with Crippen LogP contribution in [-0.4, -0.2) is 53.4 Å². The molecule has 1 aliphatic heterocycles. The predicted octanol–water partition coefficient (Wildman–Crippen LogP) is -0.164. The minimum atomic E-state index is -2.87. The van der Waals surface area contributed by atoms with Crippen molar-refractivity contribution < 1.29 is 17.7 Å². The lowest BCUT2D eigenvalue weighted by Crippen LogP contribution is -2.41. The molecule has 0 spiro atoms. The number of halogens is 2. The van der Waals surface area contributed by atoms with Gasteiger partial charge < -0.3 is 20.7 Å². The van der Waals surface area contributed by atoms with E-state index in [-0.39, 0.29) is 11.6 Å². The van der Waals surface area contributed by atoms with E-state index in [9.17, 15) is 10.2 Å². The van der Waals surface area contributed by atoms with Gasteiger partial charge in [-0.3, -0.25) is 4.57 Å². The highest BCUT2D eigenvalue weighted by Gasteiger charge is 2.56. The molecule has 0 amide bonds. The normalized spacial score (nSPS) is 33.2. The number of alkyl halides is 1. The molecule has 1 aliphatic rings. The molecule has 0 aliphatic carbocycles. The van der Waals surface area contributed by atoms with Crippen molar-refractivity contribution in [3.05, 3.63) is 12.5 Å². The van der Waals surface area contributed by atoms with Gasteiger partial charge in [-0.05, 0) is 11.6 Å². The quantitative estimate of drug-likeness (QED) is 0.510. The smallest absolute Gasteiger partial charge is 0.222 e. The van der Waals surface area contributed by atoms with Crippen LogP contribution in [0.4, 0.5) is 5.95 Å². The molecule has 4 atom stereocenters. The number of hydrogen-bond acceptors (Lipinski definition) is 7. The lowest BCUT2D eigenvalue weighted by molar-refractivity contribution is -0.0436. The summed E-state index contributed by atoms with van der Waals surface area (Å²) in [5, 5.41) is 22.0. The summed E-state index contributed by atoms with van der Waals surface area (Å²) in [5.41, 5.74) is 6.17. The van der Waals surface area contributed by atoms with Gasteiger partial charge in [0.2, 0.25) is 5.95 Å². The van der Waals surface area contributed by atoms with Crippen molar-refractivity contribution in [3.8, 4) is 11.3 Å². The molecule has 0 saturated carbocycles. The number of fused-ring (bicyclic) bond motifs is 1. The predicted molar refractivity (Wildman–Crippen MR) is 79.0 cm³/mol. The highest BCUT2D eigenvalue weighted by molar-refractivity contribution is 6.32. The number of imidazole rings is 1. The number of aliphatic hydroxyl groups excluding tert-OH is 1. The number of nitrogens with zero attached hydrogens (tertiary/aromatic N) is 4. The van der Waals surface area contributed by atoms with E-state index < -0.39 is 29.9 Å². The monoisotopic (exact) mass is 345 g/mol. The van der Waals surface area contributed by atoms with Crippen molar-refractivity contribution in [1.29, 1.82) is 0 Å². The third-order valence-corrected chi connectivity index (χ3v) is 3.90. The SMILES string of the molecule is [2H]C([2H])(O)[C@H]1O[C@@H](n2cnc3cnc(N)nc32)C(Cl)(C#CCl)[C@H]1O. The Kier molecular flexibility index (Phi) is 3.24. The summed E-state index contributed by atoms with van der Waals surface area (Å²) in [6.07, 6.45) is -1.92. The summed E-state index contributed by atoms with van der Waals surface area (Å²) in [5.74, 6) is 2.37. The van der Waals surface area contributed by atoms with E-state index in [1.807, 2.05) is 0 Å². The van der Waals surface area contributed by atoms with E-state index in [0.29, 0.717) is 5.52 Å². The minimum Gasteiger partial charge on any atom is -0.394 e. The van der Waals surface area contributed by atoms with Crippen LogP contribution in [0.3, 0.4) is 0 Å². The molecule has 22 heavy (non-hydrogen) atoms. The highest BCUT2D eigenvalue weighted by Crippen LogP contribution is 2.44. The summed E-state index contributed by atoms with van der Waals surface area (Å²) >= 11 is 11.8. The largest absolute Gasteiger partial charge is 0.394 e. The van der Waals surface area contributed by atoms with Gasteiger partial charge in [-0.2, -0.15) is 4.98 Å². The van der Waals surface area contributed by atoms with Crippen LogP contribution in [0.15, 0.2) is 12.5 Å². The molecule has 0 bridgehead atoms. The zero-order valence-electron chi connectivity index (χ0n) is 12.8. The molecule has 4 N–H and O–H groups in total. The Morgan fingerprint density at radius 1 is 1.59 bits per heavy atom. The molecule has 3 heterocycles. The molecular formula is C12H11Cl2N5O3. The number of nitrogen functional groups attached to an aromatic ring is 1. The molecule has 2 aromatic rings. The van der Waals surface area contributed by atoms with Crippen molar-refractivity contribution in [2.24, 2.45) is 0 Å². The summed E-state index contributed by atoms with van der Waals surface area (Å²) in [7, 11) is 0. The first-order valence-electron chi connectivity index (χ1n) is 7.01. The van der Waals surface area contributed by atoms with E-state index >= 15 is 0 Å². The summed E-state index contributed by atoms with van der Waals surface area (Å²) in [6, 6.07) is 0. The van der Waals surface area contributed by atoms with E-state index in [0.717, 1.165) is 0 Å². The molecule has 2 aromatic heterocycles. The van der Waals surface area contributed by atoms with Gasteiger partial charge >= 0.3 is 0 Å². The molecular weight excluding hydrogens is 333 g/mol. The second-order valence-corrected chi connectivity index (χ2v) is 5.37. The first-order valence-corrected chi connectivity index (χ1v) is 6.76. The van der Waals surface area contributed by atoms with Crippen molar-refractivity contribution in [2.75, 3.05) is 12.3 Å². The van der Waals surface area contributed by atoms with Crippen molar-refractivity contribution in [3.63, 3.8) is 0 Å². The number of aromatic nitrogens is 4. The van der Waals surface area contributed by atoms with Crippen LogP contribution in [0.2, 0.25) is 0 Å². The van der Waals surface area contributed by atoms with Crippen LogP contribution in [0, 0.1) is 11.3 Å². The van der Waals surface area contributed by atoms with Gasteiger partial charge in [-0.1, -0.05) is 17.5 Å². The lowest BCUT2D eigenvalue weighted by Gasteiger charge is -2.25. The molecule has 0 radical (unpaired) electrons. The van der Waals surface area contributed by atoms with Gasteiger partial charge in [0.15, 0.2) is 16.7 Å². The fraction of sp³-hybridized carbons (Fsp3) is 0.417. The molecule has 1 saturated heterocycles. The van der Waals surface area contributed by atoms with Gasteiger partial charge in [0, 0.05) is 5.38 Å². The zero-order valence-corrected chi connectivity index (χ0v) is 12.3. The van der Waals surface area contributed by atoms with E-state index in [2.05, 4.69) is 26.3 Å². The Bertz CT molecular complexity index is 849. The Morgan fingerprint density at radius 3 is 3.05 bits per heavy atom. The fourth-order valence-electron chi connectivity index (χ4n) is 2.27. The van der Waals surface area contributed by atoms with E-state index in [4.69, 9.17) is 36.4 Å². The van der Waals surface area contributed by atoms with Gasteiger partial charge in [0.25, 0.3) is 0 Å². The number of aliphatic hydroxyl groups is 2. The Labute approximate surface area is 137 Å². The number of rotatable bonds is 2. The van der Waals surface area contributed by atoms with Gasteiger partial charge in [-0.25, -0.2) is 9.97 Å². The molecule has 116 valence electrons. The van der Waals surface area contributed by atoms with Gasteiger partial charge in [0.1, 0.15) is 17.7 Å². The van der Waals surface area contributed by atoms with E-state index in [1.54, 1.807) is 0 Å². The maximum absolute atomic E-state index is 10.4. The molecule has 0 aromatic carbocycles. The minimum absolute atomic E-state index is 0.0274. The second-order valence-electron chi connectivity index (χ2n) is 4.56. The van der Waals surface area contributed by atoms with E-state index in [1.165, 1.54) is 17.1 Å².